The number of aryl methyl sites for hydroxylation is 1. The minimum absolute atomic E-state index is 0.124. The molecule has 7 nitrogen and oxygen atoms in total. The average Bonchev–Trinajstić information content (AvgIpc) is 3.29. The molecule has 1 atom stereocenters. The largest absolute Gasteiger partial charge is 0.368 e. The molecule has 1 aromatic carbocycles. The van der Waals surface area contributed by atoms with Gasteiger partial charge in [0.1, 0.15) is 11.9 Å². The molecule has 1 unspecified atom stereocenters. The highest BCUT2D eigenvalue weighted by Crippen LogP contribution is 2.27. The summed E-state index contributed by atoms with van der Waals surface area (Å²) < 4.78 is 24.1. The van der Waals surface area contributed by atoms with Crippen molar-refractivity contribution in [2.45, 2.75) is 32.4 Å². The van der Waals surface area contributed by atoms with Crippen LogP contribution in [0.25, 0.3) is 10.9 Å². The van der Waals surface area contributed by atoms with Crippen LogP contribution in [0.15, 0.2) is 28.8 Å². The third-order valence-corrected chi connectivity index (χ3v) is 4.24. The summed E-state index contributed by atoms with van der Waals surface area (Å²) >= 11 is 0. The average molecular weight is 356 g/mol. The normalized spacial score (nSPS) is 16.9. The van der Waals surface area contributed by atoms with Gasteiger partial charge in [0, 0.05) is 23.8 Å². The summed E-state index contributed by atoms with van der Waals surface area (Å²) in [6.45, 7) is 2.57. The van der Waals surface area contributed by atoms with Crippen LogP contribution in [0.4, 0.5) is 4.39 Å². The Morgan fingerprint density at radius 1 is 1.35 bits per heavy atom. The highest BCUT2D eigenvalue weighted by molar-refractivity contribution is 6.06. The van der Waals surface area contributed by atoms with Crippen molar-refractivity contribution in [1.29, 1.82) is 0 Å². The SMILES string of the molecule is Cc1cc(C(=O)NCc2noc(C3CCCO3)n2)c2ccc(F)cc2n1. The van der Waals surface area contributed by atoms with Crippen molar-refractivity contribution < 1.29 is 18.4 Å². The summed E-state index contributed by atoms with van der Waals surface area (Å²) in [7, 11) is 0. The highest BCUT2D eigenvalue weighted by Gasteiger charge is 2.24. The summed E-state index contributed by atoms with van der Waals surface area (Å²) in [5, 5.41) is 7.23. The number of hydrogen-bond donors (Lipinski definition) is 1. The Bertz CT molecular complexity index is 961. The van der Waals surface area contributed by atoms with Gasteiger partial charge >= 0.3 is 0 Å². The molecule has 8 heteroatoms. The summed E-state index contributed by atoms with van der Waals surface area (Å²) in [5.41, 5.74) is 1.50. The third kappa shape index (κ3) is 3.28. The van der Waals surface area contributed by atoms with E-state index < -0.39 is 5.82 Å². The topological polar surface area (TPSA) is 90.1 Å². The predicted molar refractivity (Wildman–Crippen MR) is 89.8 cm³/mol. The Balaban J connectivity index is 1.51. The number of amides is 1. The van der Waals surface area contributed by atoms with Crippen molar-refractivity contribution in [1.82, 2.24) is 20.4 Å². The third-order valence-electron chi connectivity index (χ3n) is 4.24. The molecule has 0 radical (unpaired) electrons. The number of nitrogens with one attached hydrogen (secondary N) is 1. The molecule has 1 fully saturated rings. The minimum atomic E-state index is -0.393. The minimum Gasteiger partial charge on any atom is -0.368 e. The molecule has 0 saturated carbocycles. The Kier molecular flexibility index (Phi) is 4.34. The van der Waals surface area contributed by atoms with Gasteiger partial charge in [0.15, 0.2) is 5.82 Å². The number of hydrogen-bond acceptors (Lipinski definition) is 6. The summed E-state index contributed by atoms with van der Waals surface area (Å²) in [5.74, 6) is 0.114. The number of aromatic nitrogens is 3. The first-order chi connectivity index (χ1) is 12.6. The molecule has 2 aromatic heterocycles. The first kappa shape index (κ1) is 16.6. The molecule has 1 aliphatic rings. The van der Waals surface area contributed by atoms with E-state index in [0.29, 0.717) is 40.5 Å². The molecular weight excluding hydrogens is 339 g/mol. The van der Waals surface area contributed by atoms with Gasteiger partial charge in [-0.1, -0.05) is 5.16 Å². The van der Waals surface area contributed by atoms with Crippen LogP contribution in [-0.4, -0.2) is 27.6 Å². The van der Waals surface area contributed by atoms with E-state index in [1.807, 2.05) is 0 Å². The lowest BCUT2D eigenvalue weighted by Gasteiger charge is -2.08. The molecule has 3 aromatic rings. The van der Waals surface area contributed by atoms with Gasteiger partial charge in [-0.2, -0.15) is 4.98 Å². The van der Waals surface area contributed by atoms with Crippen LogP contribution in [0, 0.1) is 12.7 Å². The molecule has 1 aliphatic heterocycles. The lowest BCUT2D eigenvalue weighted by atomic mass is 10.1. The second kappa shape index (κ2) is 6.80. The van der Waals surface area contributed by atoms with Crippen LogP contribution in [-0.2, 0) is 11.3 Å². The van der Waals surface area contributed by atoms with Gasteiger partial charge in [-0.25, -0.2) is 4.39 Å². The second-order valence-corrected chi connectivity index (χ2v) is 6.21. The molecule has 4 rings (SSSR count). The van der Waals surface area contributed by atoms with Gasteiger partial charge in [0.2, 0.25) is 0 Å². The van der Waals surface area contributed by atoms with Crippen molar-refractivity contribution >= 4 is 16.8 Å². The number of ether oxygens (including phenoxy) is 1. The molecular formula is C18H17FN4O3. The fourth-order valence-electron chi connectivity index (χ4n) is 3.02. The van der Waals surface area contributed by atoms with E-state index in [2.05, 4.69) is 20.4 Å². The summed E-state index contributed by atoms with van der Waals surface area (Å²) in [4.78, 5) is 21.1. The maximum absolute atomic E-state index is 13.4. The molecule has 1 amide bonds. The lowest BCUT2D eigenvalue weighted by molar-refractivity contribution is 0.0835. The fraction of sp³-hybridized carbons (Fsp3) is 0.333. The number of carbonyl (C=O) groups is 1. The predicted octanol–water partition coefficient (Wildman–Crippen LogP) is 2.85. The summed E-state index contributed by atoms with van der Waals surface area (Å²) in [6.07, 6.45) is 1.66. The first-order valence-electron chi connectivity index (χ1n) is 8.39. The van der Waals surface area contributed by atoms with Crippen molar-refractivity contribution in [2.75, 3.05) is 6.61 Å². The Hall–Kier alpha value is -2.87. The van der Waals surface area contributed by atoms with Crippen LogP contribution in [0.3, 0.4) is 0 Å². The zero-order valence-electron chi connectivity index (χ0n) is 14.2. The van der Waals surface area contributed by atoms with Crippen LogP contribution < -0.4 is 5.32 Å². The van der Waals surface area contributed by atoms with Crippen LogP contribution in [0.2, 0.25) is 0 Å². The molecule has 134 valence electrons. The number of carbonyl (C=O) groups excluding carboxylic acids is 1. The quantitative estimate of drug-likeness (QED) is 0.773. The molecule has 0 aliphatic carbocycles. The molecule has 0 spiro atoms. The van der Waals surface area contributed by atoms with E-state index in [-0.39, 0.29) is 18.6 Å². The van der Waals surface area contributed by atoms with Gasteiger partial charge in [0.25, 0.3) is 11.8 Å². The molecule has 3 heterocycles. The van der Waals surface area contributed by atoms with E-state index >= 15 is 0 Å². The molecule has 1 N–H and O–H groups in total. The first-order valence-corrected chi connectivity index (χ1v) is 8.39. The van der Waals surface area contributed by atoms with Crippen molar-refractivity contribution in [2.24, 2.45) is 0 Å². The van der Waals surface area contributed by atoms with Crippen LogP contribution >= 0.6 is 0 Å². The van der Waals surface area contributed by atoms with E-state index in [4.69, 9.17) is 9.26 Å². The van der Waals surface area contributed by atoms with Crippen molar-refractivity contribution in [3.63, 3.8) is 0 Å². The summed E-state index contributed by atoms with van der Waals surface area (Å²) in [6, 6.07) is 5.84. The number of halogens is 1. The monoisotopic (exact) mass is 356 g/mol. The number of nitrogens with zero attached hydrogens (tertiary/aromatic N) is 3. The second-order valence-electron chi connectivity index (χ2n) is 6.21. The number of rotatable bonds is 4. The number of pyridine rings is 1. The standard InChI is InChI=1S/C18H17FN4O3/c1-10-7-13(12-5-4-11(19)8-14(12)21-10)17(24)20-9-16-22-18(26-23-16)15-3-2-6-25-15/h4-5,7-8,15H,2-3,6,9H2,1H3,(H,20,24). The molecule has 0 bridgehead atoms. The fourth-order valence-corrected chi connectivity index (χ4v) is 3.02. The van der Waals surface area contributed by atoms with Gasteiger partial charge < -0.3 is 14.6 Å². The van der Waals surface area contributed by atoms with Gasteiger partial charge in [-0.3, -0.25) is 9.78 Å². The smallest absolute Gasteiger partial charge is 0.255 e. The molecule has 26 heavy (non-hydrogen) atoms. The zero-order chi connectivity index (χ0) is 18.1. The maximum Gasteiger partial charge on any atom is 0.255 e. The Morgan fingerprint density at radius 2 is 2.23 bits per heavy atom. The van der Waals surface area contributed by atoms with Crippen LogP contribution in [0.1, 0.15) is 46.7 Å². The van der Waals surface area contributed by atoms with Gasteiger partial charge in [-0.15, -0.1) is 0 Å². The Labute approximate surface area is 148 Å². The van der Waals surface area contributed by atoms with Crippen molar-refractivity contribution in [3.8, 4) is 0 Å². The molecule has 1 saturated heterocycles. The van der Waals surface area contributed by atoms with Crippen LogP contribution in [0.5, 0.6) is 0 Å². The highest BCUT2D eigenvalue weighted by atomic mass is 19.1. The van der Waals surface area contributed by atoms with Gasteiger partial charge in [-0.05, 0) is 38.0 Å². The Morgan fingerprint density at radius 3 is 3.04 bits per heavy atom. The van der Waals surface area contributed by atoms with Gasteiger partial charge in [0.05, 0.1) is 17.6 Å². The maximum atomic E-state index is 13.4. The van der Waals surface area contributed by atoms with E-state index in [1.165, 1.54) is 12.1 Å². The number of benzene rings is 1. The van der Waals surface area contributed by atoms with E-state index in [1.54, 1.807) is 19.1 Å². The van der Waals surface area contributed by atoms with E-state index in [0.717, 1.165) is 12.8 Å². The lowest BCUT2D eigenvalue weighted by Crippen LogP contribution is -2.24. The van der Waals surface area contributed by atoms with Crippen molar-refractivity contribution in [3.05, 3.63) is 53.1 Å². The number of fused-ring (bicyclic) bond motifs is 1. The zero-order valence-corrected chi connectivity index (χ0v) is 14.2. The van der Waals surface area contributed by atoms with E-state index in [9.17, 15) is 9.18 Å².